The van der Waals surface area contributed by atoms with Crippen LogP contribution in [0.15, 0.2) is 24.3 Å². The smallest absolute Gasteiger partial charge is 0.235 e. The first-order chi connectivity index (χ1) is 10.8. The van der Waals surface area contributed by atoms with Crippen molar-refractivity contribution >= 4 is 11.8 Å². The number of carbonyl (C=O) groups is 2. The summed E-state index contributed by atoms with van der Waals surface area (Å²) in [6.45, 7) is 7.56. The lowest BCUT2D eigenvalue weighted by molar-refractivity contribution is -0.141. The number of nitrogens with one attached hydrogen (secondary N) is 2. The number of amides is 2. The van der Waals surface area contributed by atoms with Gasteiger partial charge in [-0.25, -0.2) is 0 Å². The summed E-state index contributed by atoms with van der Waals surface area (Å²) < 4.78 is 10.6. The van der Waals surface area contributed by atoms with Gasteiger partial charge in [-0.15, -0.1) is 0 Å². The highest BCUT2D eigenvalue weighted by molar-refractivity contribution is 6.04. The second kappa shape index (κ2) is 8.41. The van der Waals surface area contributed by atoms with Gasteiger partial charge in [-0.3, -0.25) is 9.59 Å². The van der Waals surface area contributed by atoms with E-state index in [0.29, 0.717) is 18.9 Å². The highest BCUT2D eigenvalue weighted by Crippen LogP contribution is 2.17. The molecule has 2 amide bonds. The van der Waals surface area contributed by atoms with Gasteiger partial charge in [0.2, 0.25) is 11.8 Å². The van der Waals surface area contributed by atoms with Crippen LogP contribution >= 0.6 is 0 Å². The Labute approximate surface area is 137 Å². The van der Waals surface area contributed by atoms with E-state index in [2.05, 4.69) is 10.6 Å². The van der Waals surface area contributed by atoms with Gasteiger partial charge in [0.25, 0.3) is 0 Å². The van der Waals surface area contributed by atoms with Crippen molar-refractivity contribution in [2.45, 2.75) is 33.7 Å². The zero-order valence-corrected chi connectivity index (χ0v) is 14.4. The minimum absolute atomic E-state index is 0.00650. The topological polar surface area (TPSA) is 76.7 Å². The minimum atomic E-state index is -1.12. The van der Waals surface area contributed by atoms with Gasteiger partial charge < -0.3 is 20.1 Å². The lowest BCUT2D eigenvalue weighted by atomic mass is 9.91. The fourth-order valence-corrected chi connectivity index (χ4v) is 1.77. The van der Waals surface area contributed by atoms with Gasteiger partial charge in [0.05, 0.1) is 13.7 Å². The number of methoxy groups -OCH3 is 1. The maximum Gasteiger partial charge on any atom is 0.235 e. The predicted octanol–water partition coefficient (Wildman–Crippen LogP) is 1.74. The van der Waals surface area contributed by atoms with E-state index in [9.17, 15) is 9.59 Å². The van der Waals surface area contributed by atoms with Gasteiger partial charge in [0, 0.05) is 6.04 Å². The van der Waals surface area contributed by atoms with Gasteiger partial charge >= 0.3 is 0 Å². The highest BCUT2D eigenvalue weighted by atomic mass is 16.5. The molecule has 0 unspecified atom stereocenters. The largest absolute Gasteiger partial charge is 0.497 e. The Morgan fingerprint density at radius 2 is 1.65 bits per heavy atom. The summed E-state index contributed by atoms with van der Waals surface area (Å²) in [6, 6.07) is 7.18. The first kappa shape index (κ1) is 18.8. The van der Waals surface area contributed by atoms with Crippen LogP contribution in [0.4, 0.5) is 0 Å². The van der Waals surface area contributed by atoms with Crippen LogP contribution in [0, 0.1) is 5.41 Å². The van der Waals surface area contributed by atoms with Crippen LogP contribution in [0.25, 0.3) is 0 Å². The van der Waals surface area contributed by atoms with E-state index >= 15 is 0 Å². The van der Waals surface area contributed by atoms with Crippen molar-refractivity contribution in [3.05, 3.63) is 24.3 Å². The molecule has 2 N–H and O–H groups in total. The Bertz CT molecular complexity index is 524. The molecule has 0 heterocycles. The molecule has 6 heteroatoms. The molecular weight excluding hydrogens is 296 g/mol. The van der Waals surface area contributed by atoms with Crippen LogP contribution in [0.5, 0.6) is 11.5 Å². The Morgan fingerprint density at radius 3 is 2.17 bits per heavy atom. The molecule has 0 aliphatic heterocycles. The van der Waals surface area contributed by atoms with Gasteiger partial charge in [0.1, 0.15) is 23.5 Å². The van der Waals surface area contributed by atoms with Crippen LogP contribution in [0.2, 0.25) is 0 Å². The first-order valence-corrected chi connectivity index (χ1v) is 7.63. The van der Waals surface area contributed by atoms with Crippen LogP contribution in [-0.2, 0) is 9.59 Å². The highest BCUT2D eigenvalue weighted by Gasteiger charge is 2.35. The number of hydrogen-bond donors (Lipinski definition) is 2. The van der Waals surface area contributed by atoms with Crippen molar-refractivity contribution in [2.24, 2.45) is 5.41 Å². The Morgan fingerprint density at radius 1 is 1.09 bits per heavy atom. The Balaban J connectivity index is 2.39. The van der Waals surface area contributed by atoms with E-state index in [1.807, 2.05) is 13.8 Å². The van der Waals surface area contributed by atoms with E-state index in [0.717, 1.165) is 5.75 Å². The Hall–Kier alpha value is -2.24. The molecule has 0 aliphatic carbocycles. The number of benzene rings is 1. The van der Waals surface area contributed by atoms with E-state index in [4.69, 9.17) is 9.47 Å². The summed E-state index contributed by atoms with van der Waals surface area (Å²) in [5.41, 5.74) is -1.12. The van der Waals surface area contributed by atoms with E-state index in [1.165, 1.54) is 0 Å². The molecule has 1 aromatic rings. The maximum atomic E-state index is 12.1. The normalized spacial score (nSPS) is 11.0. The first-order valence-electron chi connectivity index (χ1n) is 7.63. The van der Waals surface area contributed by atoms with Gasteiger partial charge in [-0.1, -0.05) is 0 Å². The van der Waals surface area contributed by atoms with Crippen molar-refractivity contribution in [1.29, 1.82) is 0 Å². The maximum absolute atomic E-state index is 12.1. The van der Waals surface area contributed by atoms with E-state index < -0.39 is 5.41 Å². The summed E-state index contributed by atoms with van der Waals surface area (Å²) in [4.78, 5) is 24.2. The van der Waals surface area contributed by atoms with Crippen molar-refractivity contribution in [3.63, 3.8) is 0 Å². The lowest BCUT2D eigenvalue weighted by Crippen LogP contribution is -2.50. The molecule has 1 rings (SSSR count). The predicted molar refractivity (Wildman–Crippen MR) is 88.6 cm³/mol. The van der Waals surface area contributed by atoms with Crippen LogP contribution < -0.4 is 20.1 Å². The van der Waals surface area contributed by atoms with Crippen LogP contribution in [-0.4, -0.2) is 38.1 Å². The fourth-order valence-electron chi connectivity index (χ4n) is 1.77. The minimum Gasteiger partial charge on any atom is -0.497 e. The molecule has 6 nitrogen and oxygen atoms in total. The standard InChI is InChI=1S/C17H26N2O4/c1-12(2)19-16(21)17(3,4)15(20)18-10-11-23-14-8-6-13(22-5)7-9-14/h6-9,12H,10-11H2,1-5H3,(H,18,20)(H,19,21). The molecule has 128 valence electrons. The van der Waals surface area contributed by atoms with Crippen LogP contribution in [0.1, 0.15) is 27.7 Å². The van der Waals surface area contributed by atoms with Crippen molar-refractivity contribution < 1.29 is 19.1 Å². The number of ether oxygens (including phenoxy) is 2. The molecule has 0 aliphatic rings. The Kier molecular flexibility index (Phi) is 6.88. The molecular formula is C17H26N2O4. The number of rotatable bonds is 8. The SMILES string of the molecule is COc1ccc(OCCNC(=O)C(C)(C)C(=O)NC(C)C)cc1. The third-order valence-corrected chi connectivity index (χ3v) is 3.27. The number of carbonyl (C=O) groups excluding carboxylic acids is 2. The third-order valence-electron chi connectivity index (χ3n) is 3.27. The van der Waals surface area contributed by atoms with Crippen LogP contribution in [0.3, 0.4) is 0 Å². The van der Waals surface area contributed by atoms with Crippen molar-refractivity contribution in [3.8, 4) is 11.5 Å². The number of hydrogen-bond acceptors (Lipinski definition) is 4. The molecule has 0 radical (unpaired) electrons. The zero-order valence-electron chi connectivity index (χ0n) is 14.4. The second-order valence-electron chi connectivity index (χ2n) is 6.03. The van der Waals surface area contributed by atoms with Crippen molar-refractivity contribution in [1.82, 2.24) is 10.6 Å². The second-order valence-corrected chi connectivity index (χ2v) is 6.03. The summed E-state index contributed by atoms with van der Waals surface area (Å²) in [7, 11) is 1.60. The summed E-state index contributed by atoms with van der Waals surface area (Å²) in [5.74, 6) is 0.829. The van der Waals surface area contributed by atoms with Gasteiger partial charge in [-0.2, -0.15) is 0 Å². The zero-order chi connectivity index (χ0) is 17.5. The quantitative estimate of drug-likeness (QED) is 0.564. The van der Waals surface area contributed by atoms with Gasteiger partial charge in [-0.05, 0) is 52.0 Å². The summed E-state index contributed by atoms with van der Waals surface area (Å²) in [6.07, 6.45) is 0. The fraction of sp³-hybridized carbons (Fsp3) is 0.529. The summed E-state index contributed by atoms with van der Waals surface area (Å²) >= 11 is 0. The lowest BCUT2D eigenvalue weighted by Gasteiger charge is -2.24. The molecule has 0 fully saturated rings. The average molecular weight is 322 g/mol. The van der Waals surface area contributed by atoms with E-state index in [-0.39, 0.29) is 17.9 Å². The molecule has 1 aromatic carbocycles. The molecule has 0 spiro atoms. The average Bonchev–Trinajstić information content (AvgIpc) is 2.51. The monoisotopic (exact) mass is 322 g/mol. The summed E-state index contributed by atoms with van der Waals surface area (Å²) in [5, 5.41) is 5.47. The molecule has 0 aromatic heterocycles. The third kappa shape index (κ3) is 5.81. The van der Waals surface area contributed by atoms with Crippen molar-refractivity contribution in [2.75, 3.05) is 20.3 Å². The molecule has 0 bridgehead atoms. The molecule has 23 heavy (non-hydrogen) atoms. The molecule has 0 saturated carbocycles. The van der Waals surface area contributed by atoms with Gasteiger partial charge in [0.15, 0.2) is 0 Å². The molecule has 0 atom stereocenters. The molecule has 0 saturated heterocycles. The van der Waals surface area contributed by atoms with E-state index in [1.54, 1.807) is 45.2 Å².